The number of hydrogen-bond donors (Lipinski definition) is 1. The molecule has 31 heavy (non-hydrogen) atoms. The standard InChI is InChI=1S/C13H24O5.C9H16O3.CH4/c1-12(2,3)11(15)16-8-10-9(6-7-14)17-13(4,5)18-10;1-4-5-7-8(6-10)12-9(2,3)11-7;/h9-10,14H,6-8H2,1-5H3;6-8H,4-5H2,1-3H3;1H4/t9-,10+;7-,8+;/m00./s1/i;;1T. The largest absolute Gasteiger partial charge is 0.462 e. The zero-order valence-corrected chi connectivity index (χ0v) is 20.7. The van der Waals surface area contributed by atoms with Crippen molar-refractivity contribution in [2.75, 3.05) is 13.2 Å². The fraction of sp³-hybridized carbons (Fsp3) is 0.913. The molecule has 0 aromatic rings. The van der Waals surface area contributed by atoms with E-state index in [1.807, 2.05) is 27.7 Å². The van der Waals surface area contributed by atoms with Gasteiger partial charge in [0.2, 0.25) is 0 Å². The summed E-state index contributed by atoms with van der Waals surface area (Å²) in [6.45, 7) is 14.9. The van der Waals surface area contributed by atoms with Crippen molar-refractivity contribution in [1.82, 2.24) is 0 Å². The smallest absolute Gasteiger partial charge is 0.311 e. The van der Waals surface area contributed by atoms with Crippen molar-refractivity contribution >= 4 is 12.3 Å². The van der Waals surface area contributed by atoms with Gasteiger partial charge in [-0.2, -0.15) is 0 Å². The van der Waals surface area contributed by atoms with Gasteiger partial charge in [0.1, 0.15) is 18.8 Å². The lowest BCUT2D eigenvalue weighted by atomic mass is 9.97. The number of carbonyl (C=O) groups excluding carboxylic acids is 2. The van der Waals surface area contributed by atoms with Gasteiger partial charge < -0.3 is 33.6 Å². The maximum atomic E-state index is 11.7. The topological polar surface area (TPSA) is 101 Å². The van der Waals surface area contributed by atoms with Crippen LogP contribution in [0, 0.1) is 5.41 Å². The van der Waals surface area contributed by atoms with E-state index in [1.165, 1.54) is 7.40 Å². The highest BCUT2D eigenvalue weighted by Crippen LogP contribution is 2.31. The van der Waals surface area contributed by atoms with Gasteiger partial charge in [0, 0.05) is 7.98 Å². The highest BCUT2D eigenvalue weighted by Gasteiger charge is 2.42. The van der Waals surface area contributed by atoms with Crippen LogP contribution < -0.4 is 0 Å². The average molecular weight is 451 g/mol. The predicted octanol–water partition coefficient (Wildman–Crippen LogP) is 3.62. The molecule has 2 heterocycles. The summed E-state index contributed by atoms with van der Waals surface area (Å²) in [7, 11) is 1.25. The molecule has 0 aliphatic carbocycles. The summed E-state index contributed by atoms with van der Waals surface area (Å²) in [5, 5.41) is 8.98. The van der Waals surface area contributed by atoms with E-state index in [1.54, 1.807) is 20.8 Å². The molecule has 8 nitrogen and oxygen atoms in total. The van der Waals surface area contributed by atoms with Gasteiger partial charge in [-0.3, -0.25) is 4.79 Å². The Kier molecular flexibility index (Phi) is 11.1. The second-order valence-corrected chi connectivity index (χ2v) is 9.64. The normalized spacial score (nSPS) is 29.0. The SMILES string of the molecule is CC1(C)O[C@@H](CCO)[C@@H](COC(=O)C(C)(C)C)O1.CCC[C@@H]1OC(C)(C)O[C@@H]1C=O.[3H]C. The van der Waals surface area contributed by atoms with E-state index in [0.717, 1.165) is 19.1 Å². The van der Waals surface area contributed by atoms with Crippen LogP contribution in [-0.2, 0) is 33.3 Å². The predicted molar refractivity (Wildman–Crippen MR) is 117 cm³/mol. The maximum Gasteiger partial charge on any atom is 0.311 e. The Hall–Kier alpha value is -1.06. The summed E-state index contributed by atoms with van der Waals surface area (Å²) in [5.74, 6) is -1.55. The van der Waals surface area contributed by atoms with E-state index in [9.17, 15) is 9.59 Å². The number of hydrogen-bond acceptors (Lipinski definition) is 8. The third-order valence-corrected chi connectivity index (χ3v) is 4.62. The molecule has 8 heteroatoms. The van der Waals surface area contributed by atoms with Crippen LogP contribution >= 0.6 is 0 Å². The molecule has 2 aliphatic rings. The van der Waals surface area contributed by atoms with Gasteiger partial charge in [0.15, 0.2) is 17.9 Å². The summed E-state index contributed by atoms with van der Waals surface area (Å²) >= 11 is 0. The third-order valence-electron chi connectivity index (χ3n) is 4.62. The molecule has 0 aromatic heterocycles. The van der Waals surface area contributed by atoms with Crippen molar-refractivity contribution in [3.05, 3.63) is 0 Å². The molecule has 0 aromatic carbocycles. The Morgan fingerprint density at radius 2 is 1.55 bits per heavy atom. The molecule has 184 valence electrons. The Balaban J connectivity index is 0.000000595. The highest BCUT2D eigenvalue weighted by atomic mass is 16.8. The molecule has 0 spiro atoms. The van der Waals surface area contributed by atoms with Crippen molar-refractivity contribution in [1.29, 1.82) is 0 Å². The van der Waals surface area contributed by atoms with Crippen LogP contribution in [0.15, 0.2) is 0 Å². The van der Waals surface area contributed by atoms with Crippen LogP contribution in [0.4, 0.5) is 0 Å². The first-order chi connectivity index (χ1) is 14.7. The number of carbonyl (C=O) groups is 2. The molecule has 2 saturated heterocycles. The summed E-state index contributed by atoms with van der Waals surface area (Å²) in [6.07, 6.45) is 2.20. The minimum Gasteiger partial charge on any atom is -0.462 e. The first kappa shape index (κ1) is 28.0. The van der Waals surface area contributed by atoms with Crippen LogP contribution in [0.2, 0.25) is 0 Å². The van der Waals surface area contributed by atoms with Crippen LogP contribution in [0.1, 0.15) is 83.4 Å². The lowest BCUT2D eigenvalue weighted by Gasteiger charge is -2.20. The van der Waals surface area contributed by atoms with Gasteiger partial charge in [-0.15, -0.1) is 0 Å². The molecular formula is C23H44O8. The van der Waals surface area contributed by atoms with Gasteiger partial charge >= 0.3 is 5.97 Å². The van der Waals surface area contributed by atoms with E-state index in [4.69, 9.17) is 30.2 Å². The summed E-state index contributed by atoms with van der Waals surface area (Å²) in [6, 6.07) is 0. The average Bonchev–Trinajstić information content (AvgIpc) is 3.15. The van der Waals surface area contributed by atoms with Crippen LogP contribution in [0.25, 0.3) is 0 Å². The molecule has 0 saturated carbocycles. The first-order valence-electron chi connectivity index (χ1n) is 11.7. The fourth-order valence-corrected chi connectivity index (χ4v) is 3.28. The zero-order valence-electron chi connectivity index (χ0n) is 21.7. The molecule has 0 bridgehead atoms. The van der Waals surface area contributed by atoms with Crippen LogP contribution in [-0.4, -0.2) is 66.6 Å². The Bertz CT molecular complexity index is 559. The summed E-state index contributed by atoms with van der Waals surface area (Å²) in [4.78, 5) is 22.3. The molecule has 0 unspecified atom stereocenters. The molecule has 2 rings (SSSR count). The van der Waals surface area contributed by atoms with Gasteiger partial charge in [-0.05, 0) is 61.3 Å². The Morgan fingerprint density at radius 1 is 1.03 bits per heavy atom. The second kappa shape index (κ2) is 12.3. The molecule has 4 atom stereocenters. The number of ether oxygens (including phenoxy) is 5. The van der Waals surface area contributed by atoms with E-state index in [2.05, 4.69) is 6.92 Å². The van der Waals surface area contributed by atoms with Crippen molar-refractivity contribution in [2.45, 2.75) is 118 Å². The molecule has 2 fully saturated rings. The van der Waals surface area contributed by atoms with Crippen molar-refractivity contribution in [2.24, 2.45) is 5.41 Å². The Morgan fingerprint density at radius 3 is 2.03 bits per heavy atom. The van der Waals surface area contributed by atoms with Gasteiger partial charge in [-0.1, -0.05) is 20.7 Å². The molecule has 0 radical (unpaired) electrons. The van der Waals surface area contributed by atoms with Gasteiger partial charge in [0.05, 0.1) is 17.6 Å². The van der Waals surface area contributed by atoms with E-state index in [0.29, 0.717) is 6.42 Å². The van der Waals surface area contributed by atoms with Gasteiger partial charge in [-0.25, -0.2) is 0 Å². The lowest BCUT2D eigenvalue weighted by molar-refractivity contribution is -0.165. The summed E-state index contributed by atoms with van der Waals surface area (Å²) in [5.41, 5.74) is -0.526. The fourth-order valence-electron chi connectivity index (χ4n) is 3.28. The van der Waals surface area contributed by atoms with Crippen molar-refractivity contribution in [3.63, 3.8) is 0 Å². The second-order valence-electron chi connectivity index (χ2n) is 9.64. The third kappa shape index (κ3) is 9.95. The van der Waals surface area contributed by atoms with Gasteiger partial charge in [0.25, 0.3) is 0 Å². The lowest BCUT2D eigenvalue weighted by Crippen LogP contribution is -2.32. The molecule has 1 N–H and O–H groups in total. The quantitative estimate of drug-likeness (QED) is 0.464. The van der Waals surface area contributed by atoms with E-state index in [-0.39, 0.29) is 43.6 Å². The number of aliphatic hydroxyl groups excluding tert-OH is 1. The Labute approximate surface area is 189 Å². The monoisotopic (exact) mass is 450 g/mol. The number of rotatable bonds is 7. The van der Waals surface area contributed by atoms with Crippen molar-refractivity contribution < 1.29 is 39.8 Å². The summed E-state index contributed by atoms with van der Waals surface area (Å²) < 4.78 is 33.2. The number of aliphatic hydroxyl groups is 1. The van der Waals surface area contributed by atoms with Crippen LogP contribution in [0.3, 0.4) is 0 Å². The maximum absolute atomic E-state index is 11.7. The van der Waals surface area contributed by atoms with Crippen molar-refractivity contribution in [3.8, 4) is 0 Å². The zero-order chi connectivity index (χ0) is 25.2. The molecule has 0 amide bonds. The minimum atomic E-state index is -0.696. The van der Waals surface area contributed by atoms with E-state index >= 15 is 0 Å². The highest BCUT2D eigenvalue weighted by molar-refractivity contribution is 5.75. The van der Waals surface area contributed by atoms with Crippen LogP contribution in [0.5, 0.6) is 0 Å². The number of aldehydes is 1. The molecule has 2 aliphatic heterocycles. The first-order valence-corrected chi connectivity index (χ1v) is 10.7. The minimum absolute atomic E-state index is 0.0217. The molecular weight excluding hydrogens is 404 g/mol. The van der Waals surface area contributed by atoms with E-state index < -0.39 is 17.0 Å². The number of esters is 1.